The molecule has 2 heterocycles. The lowest BCUT2D eigenvalue weighted by molar-refractivity contribution is 0.0701. The van der Waals surface area contributed by atoms with E-state index in [9.17, 15) is 4.79 Å². The SMILES string of the molecule is Cc1c(C(=O)O)sc2ncnc(NC3CC3C)c12. The molecule has 18 heavy (non-hydrogen) atoms. The molecule has 0 amide bonds. The van der Waals surface area contributed by atoms with Crippen LogP contribution in [0.2, 0.25) is 0 Å². The van der Waals surface area contributed by atoms with Gasteiger partial charge in [-0.2, -0.15) is 0 Å². The molecule has 3 rings (SSSR count). The minimum absolute atomic E-state index is 0.345. The second kappa shape index (κ2) is 3.91. The van der Waals surface area contributed by atoms with Gasteiger partial charge < -0.3 is 10.4 Å². The zero-order valence-corrected chi connectivity index (χ0v) is 10.9. The van der Waals surface area contributed by atoms with Crippen molar-refractivity contribution in [2.24, 2.45) is 5.92 Å². The van der Waals surface area contributed by atoms with Crippen LogP contribution in [-0.2, 0) is 0 Å². The van der Waals surface area contributed by atoms with E-state index in [1.54, 1.807) is 0 Å². The summed E-state index contributed by atoms with van der Waals surface area (Å²) in [5.74, 6) is 0.518. The van der Waals surface area contributed by atoms with Crippen LogP contribution in [-0.4, -0.2) is 27.1 Å². The number of hydrogen-bond donors (Lipinski definition) is 2. The van der Waals surface area contributed by atoms with Crippen LogP contribution in [0.25, 0.3) is 10.2 Å². The summed E-state index contributed by atoms with van der Waals surface area (Å²) in [6.07, 6.45) is 2.62. The maximum absolute atomic E-state index is 11.1. The summed E-state index contributed by atoms with van der Waals surface area (Å²) in [5.41, 5.74) is 0.749. The molecule has 2 N–H and O–H groups in total. The van der Waals surface area contributed by atoms with Gasteiger partial charge in [0.25, 0.3) is 0 Å². The molecule has 1 aliphatic rings. The van der Waals surface area contributed by atoms with Crippen molar-refractivity contribution in [3.05, 3.63) is 16.8 Å². The number of aromatic carboxylic acids is 1. The molecule has 2 aromatic rings. The molecule has 0 spiro atoms. The van der Waals surface area contributed by atoms with Gasteiger partial charge in [-0.3, -0.25) is 0 Å². The van der Waals surface area contributed by atoms with Gasteiger partial charge in [-0.25, -0.2) is 14.8 Å². The molecular formula is C12H13N3O2S. The number of aryl methyl sites for hydroxylation is 1. The van der Waals surface area contributed by atoms with E-state index in [-0.39, 0.29) is 0 Å². The average molecular weight is 263 g/mol. The number of anilines is 1. The Morgan fingerprint density at radius 3 is 2.89 bits per heavy atom. The number of carboxylic acid groups (broad SMARTS) is 1. The second-order valence-corrected chi connectivity index (χ2v) is 5.73. The third-order valence-electron chi connectivity index (χ3n) is 3.35. The summed E-state index contributed by atoms with van der Waals surface area (Å²) in [7, 11) is 0. The fourth-order valence-corrected chi connectivity index (χ4v) is 3.07. The van der Waals surface area contributed by atoms with E-state index >= 15 is 0 Å². The number of rotatable bonds is 3. The number of aromatic nitrogens is 2. The normalized spacial score (nSPS) is 22.1. The molecule has 2 unspecified atom stereocenters. The van der Waals surface area contributed by atoms with Crippen molar-refractivity contribution in [2.45, 2.75) is 26.3 Å². The van der Waals surface area contributed by atoms with Crippen molar-refractivity contribution in [1.29, 1.82) is 0 Å². The Labute approximate surface area is 108 Å². The monoisotopic (exact) mass is 263 g/mol. The first-order chi connectivity index (χ1) is 8.58. The van der Waals surface area contributed by atoms with Gasteiger partial charge in [-0.05, 0) is 24.8 Å². The van der Waals surface area contributed by atoms with Crippen LogP contribution in [0.4, 0.5) is 5.82 Å². The van der Waals surface area contributed by atoms with E-state index in [1.807, 2.05) is 6.92 Å². The van der Waals surface area contributed by atoms with Crippen molar-refractivity contribution in [3.63, 3.8) is 0 Å². The molecule has 5 nitrogen and oxygen atoms in total. The Hall–Kier alpha value is -1.69. The van der Waals surface area contributed by atoms with Crippen LogP contribution < -0.4 is 5.32 Å². The maximum atomic E-state index is 11.1. The number of thiophene rings is 1. The average Bonchev–Trinajstić information content (AvgIpc) is 2.87. The summed E-state index contributed by atoms with van der Waals surface area (Å²) in [4.78, 5) is 20.6. The largest absolute Gasteiger partial charge is 0.477 e. The van der Waals surface area contributed by atoms with Gasteiger partial charge >= 0.3 is 5.97 Å². The minimum atomic E-state index is -0.902. The highest BCUT2D eigenvalue weighted by Gasteiger charge is 2.33. The van der Waals surface area contributed by atoms with Crippen LogP contribution in [0.3, 0.4) is 0 Å². The molecule has 1 aliphatic carbocycles. The first-order valence-corrected chi connectivity index (χ1v) is 6.63. The predicted octanol–water partition coefficient (Wildman–Crippen LogP) is 2.52. The van der Waals surface area contributed by atoms with E-state index in [0.29, 0.717) is 16.8 Å². The summed E-state index contributed by atoms with van der Waals surface area (Å²) in [6.45, 7) is 3.99. The van der Waals surface area contributed by atoms with Gasteiger partial charge in [0.15, 0.2) is 0 Å². The summed E-state index contributed by atoms with van der Waals surface area (Å²) < 4.78 is 0. The van der Waals surface area contributed by atoms with Gasteiger partial charge in [0.05, 0.1) is 5.39 Å². The standard InChI is InChI=1S/C12H13N3O2S/c1-5-3-7(5)15-10-8-6(2)9(12(16)17)18-11(8)14-4-13-10/h4-5,7H,3H2,1-2H3,(H,16,17)(H,13,14,15). The van der Waals surface area contributed by atoms with E-state index in [0.717, 1.165) is 28.0 Å². The molecule has 2 aromatic heterocycles. The third kappa shape index (κ3) is 1.73. The van der Waals surface area contributed by atoms with E-state index in [1.165, 1.54) is 17.7 Å². The summed E-state index contributed by atoms with van der Waals surface area (Å²) >= 11 is 1.20. The highest BCUT2D eigenvalue weighted by Crippen LogP contribution is 2.37. The predicted molar refractivity (Wildman–Crippen MR) is 70.3 cm³/mol. The van der Waals surface area contributed by atoms with Crippen molar-refractivity contribution >= 4 is 33.3 Å². The molecule has 0 aliphatic heterocycles. The topological polar surface area (TPSA) is 75.1 Å². The van der Waals surface area contributed by atoms with Gasteiger partial charge in [-0.1, -0.05) is 6.92 Å². The fourth-order valence-electron chi connectivity index (χ4n) is 2.08. The second-order valence-electron chi connectivity index (χ2n) is 4.73. The van der Waals surface area contributed by atoms with E-state index in [2.05, 4.69) is 22.2 Å². The molecular weight excluding hydrogens is 250 g/mol. The van der Waals surface area contributed by atoms with Crippen molar-refractivity contribution in [3.8, 4) is 0 Å². The Kier molecular flexibility index (Phi) is 2.48. The lowest BCUT2D eigenvalue weighted by Crippen LogP contribution is -2.06. The Balaban J connectivity index is 2.11. The molecule has 0 radical (unpaired) electrons. The van der Waals surface area contributed by atoms with Gasteiger partial charge in [0.2, 0.25) is 0 Å². The lowest BCUT2D eigenvalue weighted by Gasteiger charge is -2.05. The molecule has 0 saturated heterocycles. The lowest BCUT2D eigenvalue weighted by atomic mass is 10.2. The fraction of sp³-hybridized carbons (Fsp3) is 0.417. The van der Waals surface area contributed by atoms with E-state index in [4.69, 9.17) is 5.11 Å². The Morgan fingerprint density at radius 2 is 2.28 bits per heavy atom. The number of nitrogens with zero attached hydrogens (tertiary/aromatic N) is 2. The quantitative estimate of drug-likeness (QED) is 0.890. The molecule has 94 valence electrons. The Bertz CT molecular complexity index is 638. The molecule has 1 saturated carbocycles. The van der Waals surface area contributed by atoms with Crippen molar-refractivity contribution in [1.82, 2.24) is 9.97 Å². The van der Waals surface area contributed by atoms with Crippen molar-refractivity contribution < 1.29 is 9.90 Å². The maximum Gasteiger partial charge on any atom is 0.346 e. The number of nitrogens with one attached hydrogen (secondary N) is 1. The molecule has 0 bridgehead atoms. The zero-order valence-electron chi connectivity index (χ0n) is 10.1. The number of carboxylic acids is 1. The smallest absolute Gasteiger partial charge is 0.346 e. The van der Waals surface area contributed by atoms with Crippen LogP contribution in [0.1, 0.15) is 28.6 Å². The summed E-state index contributed by atoms with van der Waals surface area (Å²) in [5, 5.41) is 13.3. The number of carbonyl (C=O) groups is 1. The van der Waals surface area contributed by atoms with Crippen LogP contribution in [0.5, 0.6) is 0 Å². The van der Waals surface area contributed by atoms with E-state index < -0.39 is 5.97 Å². The molecule has 1 fully saturated rings. The molecule has 6 heteroatoms. The molecule has 2 atom stereocenters. The van der Waals surface area contributed by atoms with Crippen LogP contribution in [0, 0.1) is 12.8 Å². The van der Waals surface area contributed by atoms with Crippen LogP contribution in [0.15, 0.2) is 6.33 Å². The van der Waals surface area contributed by atoms with Gasteiger partial charge in [-0.15, -0.1) is 11.3 Å². The molecule has 0 aromatic carbocycles. The first-order valence-electron chi connectivity index (χ1n) is 5.82. The van der Waals surface area contributed by atoms with Gasteiger partial charge in [0.1, 0.15) is 21.9 Å². The number of fused-ring (bicyclic) bond motifs is 1. The zero-order chi connectivity index (χ0) is 12.9. The summed E-state index contributed by atoms with van der Waals surface area (Å²) in [6, 6.07) is 0.454. The Morgan fingerprint density at radius 1 is 1.56 bits per heavy atom. The third-order valence-corrected chi connectivity index (χ3v) is 4.54. The first kappa shape index (κ1) is 11.4. The van der Waals surface area contributed by atoms with Gasteiger partial charge in [0, 0.05) is 6.04 Å². The highest BCUT2D eigenvalue weighted by atomic mass is 32.1. The van der Waals surface area contributed by atoms with Crippen LogP contribution >= 0.6 is 11.3 Å². The number of hydrogen-bond acceptors (Lipinski definition) is 5. The minimum Gasteiger partial charge on any atom is -0.477 e. The van der Waals surface area contributed by atoms with Crippen molar-refractivity contribution in [2.75, 3.05) is 5.32 Å². The highest BCUT2D eigenvalue weighted by molar-refractivity contribution is 7.20.